The minimum Gasteiger partial charge on any atom is -0.397 e. The molecule has 0 saturated carbocycles. The Morgan fingerprint density at radius 1 is 1.33 bits per heavy atom. The summed E-state index contributed by atoms with van der Waals surface area (Å²) in [7, 11) is -3.54. The van der Waals surface area contributed by atoms with Crippen molar-refractivity contribution in [2.45, 2.75) is 32.6 Å². The van der Waals surface area contributed by atoms with Gasteiger partial charge in [0.25, 0.3) is 0 Å². The van der Waals surface area contributed by atoms with Gasteiger partial charge in [-0.25, -0.2) is 13.1 Å². The molecule has 6 heteroatoms. The first-order valence-electron chi connectivity index (χ1n) is 5.58. The minimum atomic E-state index is -3.54. The third-order valence-corrected chi connectivity index (χ3v) is 4.26. The summed E-state index contributed by atoms with van der Waals surface area (Å²) in [6.45, 7) is 7.95. The molecule has 0 aliphatic carbocycles. The molecular weight excluding hydrogens is 272 g/mol. The van der Waals surface area contributed by atoms with Gasteiger partial charge in [-0.15, -0.1) is 0 Å². The zero-order valence-corrected chi connectivity index (χ0v) is 12.6. The highest BCUT2D eigenvalue weighted by Gasteiger charge is 2.20. The van der Waals surface area contributed by atoms with Gasteiger partial charge in [0.15, 0.2) is 0 Å². The predicted molar refractivity (Wildman–Crippen MR) is 75.2 cm³/mol. The van der Waals surface area contributed by atoms with Crippen molar-refractivity contribution in [1.29, 1.82) is 0 Å². The van der Waals surface area contributed by atoms with Crippen LogP contribution in [-0.2, 0) is 10.0 Å². The van der Waals surface area contributed by atoms with Crippen LogP contribution in [0, 0.1) is 12.3 Å². The largest absolute Gasteiger partial charge is 0.397 e. The molecule has 4 nitrogen and oxygen atoms in total. The molecule has 1 rings (SSSR count). The molecule has 1 aromatic carbocycles. The van der Waals surface area contributed by atoms with Crippen LogP contribution in [0.1, 0.15) is 26.3 Å². The molecule has 102 valence electrons. The number of hydrogen-bond acceptors (Lipinski definition) is 3. The summed E-state index contributed by atoms with van der Waals surface area (Å²) < 4.78 is 26.7. The number of benzene rings is 1. The van der Waals surface area contributed by atoms with E-state index in [4.69, 9.17) is 17.3 Å². The number of hydrogen-bond donors (Lipinski definition) is 2. The van der Waals surface area contributed by atoms with Crippen molar-refractivity contribution in [3.63, 3.8) is 0 Å². The predicted octanol–water partition coefficient (Wildman–Crippen LogP) is 2.56. The normalized spacial score (nSPS) is 12.7. The van der Waals surface area contributed by atoms with E-state index in [2.05, 4.69) is 4.72 Å². The summed E-state index contributed by atoms with van der Waals surface area (Å²) in [6.07, 6.45) is 0. The van der Waals surface area contributed by atoms with Crippen LogP contribution >= 0.6 is 11.6 Å². The maximum absolute atomic E-state index is 12.1. The lowest BCUT2D eigenvalue weighted by atomic mass is 9.98. The zero-order valence-electron chi connectivity index (χ0n) is 11.0. The van der Waals surface area contributed by atoms with Gasteiger partial charge in [-0.2, -0.15) is 0 Å². The molecule has 18 heavy (non-hydrogen) atoms. The molecule has 0 atom stereocenters. The number of sulfonamides is 1. The molecule has 0 saturated heterocycles. The average molecular weight is 291 g/mol. The smallest absolute Gasteiger partial charge is 0.240 e. The number of nitrogens with one attached hydrogen (secondary N) is 1. The molecular formula is C12H19ClN2O2S. The molecule has 0 radical (unpaired) electrons. The third kappa shape index (κ3) is 3.86. The summed E-state index contributed by atoms with van der Waals surface area (Å²) in [4.78, 5) is 0.145. The monoisotopic (exact) mass is 290 g/mol. The molecule has 0 aliphatic heterocycles. The summed E-state index contributed by atoms with van der Waals surface area (Å²) in [5.74, 6) is 0. The first-order chi connectivity index (χ1) is 8.03. The van der Waals surface area contributed by atoms with E-state index in [-0.39, 0.29) is 16.0 Å². The van der Waals surface area contributed by atoms with Gasteiger partial charge in [0.2, 0.25) is 10.0 Å². The Kier molecular flexibility index (Phi) is 4.30. The quantitative estimate of drug-likeness (QED) is 0.840. The van der Waals surface area contributed by atoms with Crippen molar-refractivity contribution in [2.75, 3.05) is 12.3 Å². The van der Waals surface area contributed by atoms with Crippen molar-refractivity contribution in [3.8, 4) is 0 Å². The lowest BCUT2D eigenvalue weighted by Gasteiger charge is -2.19. The van der Waals surface area contributed by atoms with Crippen LogP contribution in [0.5, 0.6) is 0 Å². The van der Waals surface area contributed by atoms with Crippen LogP contribution in [-0.4, -0.2) is 15.0 Å². The topological polar surface area (TPSA) is 72.2 Å². The maximum Gasteiger partial charge on any atom is 0.240 e. The minimum absolute atomic E-state index is 0.125. The van der Waals surface area contributed by atoms with Crippen LogP contribution in [0.4, 0.5) is 5.69 Å². The van der Waals surface area contributed by atoms with Gasteiger partial charge >= 0.3 is 0 Å². The van der Waals surface area contributed by atoms with Crippen molar-refractivity contribution >= 4 is 27.3 Å². The maximum atomic E-state index is 12.1. The summed E-state index contributed by atoms with van der Waals surface area (Å²) in [5.41, 5.74) is 6.47. The van der Waals surface area contributed by atoms with Crippen LogP contribution in [0.25, 0.3) is 0 Å². The van der Waals surface area contributed by atoms with Crippen molar-refractivity contribution in [2.24, 2.45) is 5.41 Å². The number of anilines is 1. The Labute approximate surface area is 114 Å². The van der Waals surface area contributed by atoms with E-state index in [1.807, 2.05) is 20.8 Å². The van der Waals surface area contributed by atoms with Gasteiger partial charge in [-0.3, -0.25) is 0 Å². The van der Waals surface area contributed by atoms with Crippen LogP contribution in [0.15, 0.2) is 17.0 Å². The highest BCUT2D eigenvalue weighted by Crippen LogP contribution is 2.27. The van der Waals surface area contributed by atoms with Crippen LogP contribution in [0.3, 0.4) is 0 Å². The van der Waals surface area contributed by atoms with Gasteiger partial charge in [-0.1, -0.05) is 32.4 Å². The Balaban J connectivity index is 3.07. The highest BCUT2D eigenvalue weighted by atomic mass is 35.5. The Bertz CT molecular complexity index is 525. The third-order valence-electron chi connectivity index (χ3n) is 2.36. The highest BCUT2D eigenvalue weighted by molar-refractivity contribution is 7.89. The zero-order chi connectivity index (χ0) is 14.1. The van der Waals surface area contributed by atoms with Crippen LogP contribution in [0.2, 0.25) is 5.02 Å². The molecule has 1 aromatic rings. The summed E-state index contributed by atoms with van der Waals surface area (Å²) in [6, 6.07) is 2.89. The second-order valence-corrected chi connectivity index (χ2v) is 7.67. The number of halogens is 1. The summed E-state index contributed by atoms with van der Waals surface area (Å²) >= 11 is 5.91. The van der Waals surface area contributed by atoms with E-state index < -0.39 is 10.0 Å². The van der Waals surface area contributed by atoms with Gasteiger partial charge in [-0.05, 0) is 30.0 Å². The molecule has 0 fully saturated rings. The number of aryl methyl sites for hydroxylation is 1. The van der Waals surface area contributed by atoms with Crippen LogP contribution < -0.4 is 10.5 Å². The first kappa shape index (κ1) is 15.3. The SMILES string of the molecule is Cc1cc(S(=O)(=O)NCC(C)(C)C)cc(N)c1Cl. The van der Waals surface area contributed by atoms with E-state index in [0.717, 1.165) is 0 Å². The molecule has 3 N–H and O–H groups in total. The van der Waals surface area contributed by atoms with Crippen molar-refractivity contribution in [3.05, 3.63) is 22.7 Å². The van der Waals surface area contributed by atoms with E-state index in [9.17, 15) is 8.42 Å². The van der Waals surface area contributed by atoms with E-state index >= 15 is 0 Å². The fraction of sp³-hybridized carbons (Fsp3) is 0.500. The van der Waals surface area contributed by atoms with E-state index in [1.165, 1.54) is 12.1 Å². The number of nitrogen functional groups attached to an aromatic ring is 1. The number of rotatable bonds is 3. The van der Waals surface area contributed by atoms with Gasteiger partial charge in [0.05, 0.1) is 15.6 Å². The molecule has 0 heterocycles. The fourth-order valence-electron chi connectivity index (χ4n) is 1.31. The Morgan fingerprint density at radius 3 is 2.33 bits per heavy atom. The van der Waals surface area contributed by atoms with Gasteiger partial charge in [0, 0.05) is 6.54 Å². The average Bonchev–Trinajstić information content (AvgIpc) is 2.21. The standard InChI is InChI=1S/C12H19ClN2O2S/c1-8-5-9(6-10(14)11(8)13)18(16,17)15-7-12(2,3)4/h5-6,15H,7,14H2,1-4H3. The fourth-order valence-corrected chi connectivity index (χ4v) is 2.83. The molecule has 0 spiro atoms. The second-order valence-electron chi connectivity index (χ2n) is 5.53. The lowest BCUT2D eigenvalue weighted by molar-refractivity contribution is 0.407. The van der Waals surface area contributed by atoms with Gasteiger partial charge in [0.1, 0.15) is 0 Å². The van der Waals surface area contributed by atoms with Crippen molar-refractivity contribution in [1.82, 2.24) is 4.72 Å². The first-order valence-corrected chi connectivity index (χ1v) is 7.44. The molecule has 0 bridgehead atoms. The number of nitrogens with two attached hydrogens (primary N) is 1. The summed E-state index contributed by atoms with van der Waals surface area (Å²) in [5, 5.41) is 0.393. The Morgan fingerprint density at radius 2 is 1.89 bits per heavy atom. The molecule has 0 amide bonds. The van der Waals surface area contributed by atoms with E-state index in [1.54, 1.807) is 6.92 Å². The van der Waals surface area contributed by atoms with E-state index in [0.29, 0.717) is 17.1 Å². The molecule has 0 aliphatic rings. The lowest BCUT2D eigenvalue weighted by Crippen LogP contribution is -2.32. The second kappa shape index (κ2) is 5.07. The molecule has 0 aromatic heterocycles. The molecule has 0 unspecified atom stereocenters. The Hall–Kier alpha value is -0.780. The van der Waals surface area contributed by atoms with Gasteiger partial charge < -0.3 is 5.73 Å². The van der Waals surface area contributed by atoms with Crippen molar-refractivity contribution < 1.29 is 8.42 Å².